The van der Waals surface area contributed by atoms with Crippen molar-refractivity contribution in [3.8, 4) is 0 Å². The first-order valence-electron chi connectivity index (χ1n) is 12.4. The summed E-state index contributed by atoms with van der Waals surface area (Å²) in [5.74, 6) is 2.57. The number of rotatable bonds is 19. The molecule has 0 heterocycles. The lowest BCUT2D eigenvalue weighted by Gasteiger charge is -2.14. The van der Waals surface area contributed by atoms with Gasteiger partial charge in [0.2, 0.25) is 0 Å². The molecule has 0 aromatic heterocycles. The number of aliphatic hydroxyl groups excluding tert-OH is 1. The normalized spacial score (nSPS) is 12.3. The Balaban J connectivity index is 0.00000172. The maximum atomic E-state index is 9.59. The second kappa shape index (κ2) is 22.4. The third kappa shape index (κ3) is 24.3. The van der Waals surface area contributed by atoms with Crippen molar-refractivity contribution in [1.82, 2.24) is 0 Å². The maximum absolute atomic E-state index is 9.59. The molecule has 0 fully saturated rings. The van der Waals surface area contributed by atoms with E-state index in [1.807, 2.05) is 17.8 Å². The molecule has 7 heteroatoms. The highest BCUT2D eigenvalue weighted by atomic mass is 32.2. The zero-order valence-corrected chi connectivity index (χ0v) is 21.7. The minimum atomic E-state index is -4.64. The molecule has 0 aliphatic rings. The van der Waals surface area contributed by atoms with E-state index in [1.54, 1.807) is 0 Å². The second-order valence-corrected chi connectivity index (χ2v) is 10.7. The van der Waals surface area contributed by atoms with Crippen molar-refractivity contribution in [2.45, 2.75) is 103 Å². The highest BCUT2D eigenvalue weighted by molar-refractivity contribution is 7.99. The number of hydrogen-bond donors (Lipinski definition) is 4. The van der Waals surface area contributed by atoms with Gasteiger partial charge in [0.25, 0.3) is 0 Å². The summed E-state index contributed by atoms with van der Waals surface area (Å²) in [6, 6.07) is 10.4. The zero-order valence-electron chi connectivity index (χ0n) is 20.0. The third-order valence-corrected chi connectivity index (χ3v) is 6.67. The molecule has 5 nitrogen and oxygen atoms in total. The molecule has 0 aliphatic heterocycles. The fourth-order valence-electron chi connectivity index (χ4n) is 3.60. The molecule has 0 saturated carbocycles. The third-order valence-electron chi connectivity index (χ3n) is 5.45. The van der Waals surface area contributed by atoms with Gasteiger partial charge in [-0.05, 0) is 17.7 Å². The Bertz CT molecular complexity index is 544. The molecule has 1 aromatic rings. The van der Waals surface area contributed by atoms with E-state index in [2.05, 4.69) is 31.2 Å². The van der Waals surface area contributed by atoms with E-state index in [9.17, 15) is 5.11 Å². The maximum Gasteiger partial charge on any atom is 0.466 e. The predicted octanol–water partition coefficient (Wildman–Crippen LogP) is 7.05. The Hall–Kier alpha value is -0.360. The van der Waals surface area contributed by atoms with E-state index in [1.165, 1.54) is 101 Å². The lowest BCUT2D eigenvalue weighted by atomic mass is 10.0. The van der Waals surface area contributed by atoms with Crippen molar-refractivity contribution >= 4 is 19.6 Å². The molecule has 32 heavy (non-hydrogen) atoms. The average Bonchev–Trinajstić information content (AvgIpc) is 2.75. The van der Waals surface area contributed by atoms with Gasteiger partial charge in [-0.1, -0.05) is 121 Å². The second-order valence-electron chi connectivity index (χ2n) is 8.47. The fourth-order valence-corrected chi connectivity index (χ4v) is 4.76. The van der Waals surface area contributed by atoms with E-state index in [-0.39, 0.29) is 6.61 Å². The Labute approximate surface area is 200 Å². The van der Waals surface area contributed by atoms with Crippen LogP contribution in [-0.4, -0.2) is 37.9 Å². The van der Waals surface area contributed by atoms with Crippen molar-refractivity contribution in [1.29, 1.82) is 0 Å². The molecule has 1 rings (SSSR count). The number of phosphoric acid groups is 1. The monoisotopic (exact) mass is 490 g/mol. The quantitative estimate of drug-likeness (QED) is 0.123. The van der Waals surface area contributed by atoms with Gasteiger partial charge in [-0.3, -0.25) is 0 Å². The van der Waals surface area contributed by atoms with Gasteiger partial charge in [0.1, 0.15) is 0 Å². The van der Waals surface area contributed by atoms with E-state index < -0.39 is 7.82 Å². The van der Waals surface area contributed by atoms with Crippen molar-refractivity contribution in [2.75, 3.05) is 18.1 Å². The fraction of sp³-hybridized carbons (Fsp3) is 0.760. The van der Waals surface area contributed by atoms with E-state index >= 15 is 0 Å². The lowest BCUT2D eigenvalue weighted by molar-refractivity contribution is 0.274. The van der Waals surface area contributed by atoms with Gasteiger partial charge in [0.15, 0.2) is 0 Å². The molecule has 1 aromatic carbocycles. The zero-order chi connectivity index (χ0) is 23.9. The number of benzene rings is 1. The van der Waals surface area contributed by atoms with Crippen LogP contribution < -0.4 is 0 Å². The highest BCUT2D eigenvalue weighted by Gasteiger charge is 2.09. The summed E-state index contributed by atoms with van der Waals surface area (Å²) in [5.41, 5.74) is 1.27. The predicted molar refractivity (Wildman–Crippen MR) is 138 cm³/mol. The van der Waals surface area contributed by atoms with E-state index in [0.29, 0.717) is 5.92 Å². The molecule has 0 spiro atoms. The summed E-state index contributed by atoms with van der Waals surface area (Å²) in [7, 11) is -4.64. The topological polar surface area (TPSA) is 98.0 Å². The minimum absolute atomic E-state index is 0.260. The van der Waals surface area contributed by atoms with Gasteiger partial charge in [-0.15, -0.1) is 0 Å². The lowest BCUT2D eigenvalue weighted by Crippen LogP contribution is -2.07. The summed E-state index contributed by atoms with van der Waals surface area (Å²) >= 11 is 2.01. The number of aliphatic hydroxyl groups is 1. The summed E-state index contributed by atoms with van der Waals surface area (Å²) in [6.45, 7) is 2.55. The minimum Gasteiger partial charge on any atom is -0.396 e. The van der Waals surface area contributed by atoms with Crippen molar-refractivity contribution < 1.29 is 24.4 Å². The highest BCUT2D eigenvalue weighted by Crippen LogP contribution is 2.26. The van der Waals surface area contributed by atoms with Crippen LogP contribution in [0.15, 0.2) is 30.3 Å². The van der Waals surface area contributed by atoms with Crippen LogP contribution in [0, 0.1) is 0 Å². The first-order valence-corrected chi connectivity index (χ1v) is 15.1. The number of thioether (sulfide) groups is 1. The van der Waals surface area contributed by atoms with Crippen LogP contribution in [0.3, 0.4) is 0 Å². The Morgan fingerprint density at radius 1 is 0.750 bits per heavy atom. The summed E-state index contributed by atoms with van der Waals surface area (Å²) in [4.78, 5) is 21.6. The standard InChI is InChI=1S/C25H44OS.H3O4P/c1-2-3-4-5-6-7-8-9-10-11-12-13-14-18-21-27-23-25(22-26)24-19-16-15-17-20-24;1-5(2,3)4/h15-17,19-20,25-26H,2-14,18,21-23H2,1H3;(H3,1,2,3,4). The van der Waals surface area contributed by atoms with Crippen molar-refractivity contribution in [2.24, 2.45) is 0 Å². The Morgan fingerprint density at radius 2 is 1.16 bits per heavy atom. The molecule has 0 amide bonds. The molecule has 0 radical (unpaired) electrons. The van der Waals surface area contributed by atoms with Crippen LogP contribution in [0.2, 0.25) is 0 Å². The van der Waals surface area contributed by atoms with Gasteiger partial charge in [0.05, 0.1) is 6.61 Å². The molecule has 0 bridgehead atoms. The largest absolute Gasteiger partial charge is 0.466 e. The summed E-state index contributed by atoms with van der Waals surface area (Å²) in [5, 5.41) is 9.59. The van der Waals surface area contributed by atoms with Crippen molar-refractivity contribution in [3.63, 3.8) is 0 Å². The first kappa shape index (κ1) is 31.6. The molecule has 1 unspecified atom stereocenters. The summed E-state index contributed by atoms with van der Waals surface area (Å²) < 4.78 is 8.88. The van der Waals surface area contributed by atoms with Crippen LogP contribution in [0.5, 0.6) is 0 Å². The van der Waals surface area contributed by atoms with Crippen LogP contribution in [0.4, 0.5) is 0 Å². The number of unbranched alkanes of at least 4 members (excludes halogenated alkanes) is 13. The number of hydrogen-bond acceptors (Lipinski definition) is 3. The molecule has 1 atom stereocenters. The Morgan fingerprint density at radius 3 is 1.56 bits per heavy atom. The first-order chi connectivity index (χ1) is 15.4. The molecule has 188 valence electrons. The van der Waals surface area contributed by atoms with Gasteiger partial charge >= 0.3 is 7.82 Å². The molecular formula is C25H47O5PS. The van der Waals surface area contributed by atoms with Crippen molar-refractivity contribution in [3.05, 3.63) is 35.9 Å². The van der Waals surface area contributed by atoms with Crippen LogP contribution in [0.1, 0.15) is 108 Å². The molecule has 0 aliphatic carbocycles. The summed E-state index contributed by atoms with van der Waals surface area (Å²) in [6.07, 6.45) is 19.9. The van der Waals surface area contributed by atoms with Crippen LogP contribution in [-0.2, 0) is 4.57 Å². The van der Waals surface area contributed by atoms with E-state index in [4.69, 9.17) is 19.2 Å². The van der Waals surface area contributed by atoms with Gasteiger partial charge in [-0.25, -0.2) is 4.57 Å². The SMILES string of the molecule is CCCCCCCCCCCCCCCCSCC(CO)c1ccccc1.O=P(O)(O)O. The van der Waals surface area contributed by atoms with E-state index in [0.717, 1.165) is 5.75 Å². The van der Waals surface area contributed by atoms with Crippen LogP contribution in [0.25, 0.3) is 0 Å². The Kier molecular flexibility index (Phi) is 22.2. The average molecular weight is 491 g/mol. The van der Waals surface area contributed by atoms with Gasteiger partial charge in [-0.2, -0.15) is 11.8 Å². The molecule has 4 N–H and O–H groups in total. The smallest absolute Gasteiger partial charge is 0.396 e. The van der Waals surface area contributed by atoms with Gasteiger partial charge in [0, 0.05) is 11.7 Å². The molecular weight excluding hydrogens is 443 g/mol. The van der Waals surface area contributed by atoms with Gasteiger partial charge < -0.3 is 19.8 Å². The molecule has 0 saturated heterocycles. The van der Waals surface area contributed by atoms with Crippen LogP contribution >= 0.6 is 19.6 Å².